The minimum atomic E-state index is -0.670. The first-order chi connectivity index (χ1) is 10.6. The van der Waals surface area contributed by atoms with Crippen LogP contribution in [0.15, 0.2) is 24.3 Å². The molecular formula is C20H36O2. The molecule has 0 atom stereocenters. The van der Waals surface area contributed by atoms with E-state index in [4.69, 9.17) is 5.11 Å². The number of carboxylic acid groups (broad SMARTS) is 1. The Morgan fingerprint density at radius 1 is 0.818 bits per heavy atom. The van der Waals surface area contributed by atoms with Crippen LogP contribution in [-0.4, -0.2) is 11.1 Å². The van der Waals surface area contributed by atoms with Crippen molar-refractivity contribution in [2.75, 3.05) is 0 Å². The molecule has 2 nitrogen and oxygen atoms in total. The summed E-state index contributed by atoms with van der Waals surface area (Å²) in [5, 5.41) is 8.52. The van der Waals surface area contributed by atoms with Crippen molar-refractivity contribution in [3.8, 4) is 0 Å². The highest BCUT2D eigenvalue weighted by Crippen LogP contribution is 2.09. The van der Waals surface area contributed by atoms with Gasteiger partial charge in [-0.1, -0.05) is 70.3 Å². The monoisotopic (exact) mass is 308 g/mol. The van der Waals surface area contributed by atoms with E-state index < -0.39 is 5.97 Å². The van der Waals surface area contributed by atoms with Gasteiger partial charge in [0.05, 0.1) is 0 Å². The number of rotatable bonds is 15. The number of allylic oxidation sites excluding steroid dienone is 4. The normalized spacial score (nSPS) is 12.0. The van der Waals surface area contributed by atoms with Crippen molar-refractivity contribution in [2.24, 2.45) is 5.92 Å². The molecule has 2 heteroatoms. The predicted octanol–water partition coefficient (Wildman–Crippen LogP) is 6.52. The zero-order valence-electron chi connectivity index (χ0n) is 14.7. The standard InChI is InChI=1S/C20H36O2/c1-19(2)17-15-13-11-9-7-5-3-4-6-8-10-12-14-16-18-20(21)22/h3-4,7,9,19H,5-6,8,10-18H2,1-2H3,(H,21,22)/b4-3-,9-7-. The van der Waals surface area contributed by atoms with Crippen molar-refractivity contribution in [2.45, 2.75) is 90.9 Å². The van der Waals surface area contributed by atoms with Crippen molar-refractivity contribution in [3.63, 3.8) is 0 Å². The van der Waals surface area contributed by atoms with Crippen LogP contribution in [0.1, 0.15) is 90.9 Å². The second-order valence-electron chi connectivity index (χ2n) is 6.56. The van der Waals surface area contributed by atoms with E-state index in [9.17, 15) is 4.79 Å². The predicted molar refractivity (Wildman–Crippen MR) is 96.2 cm³/mol. The summed E-state index contributed by atoms with van der Waals surface area (Å²) in [4.78, 5) is 10.3. The zero-order valence-corrected chi connectivity index (χ0v) is 14.7. The Morgan fingerprint density at radius 3 is 1.95 bits per heavy atom. The van der Waals surface area contributed by atoms with Crippen LogP contribution >= 0.6 is 0 Å². The van der Waals surface area contributed by atoms with E-state index in [1.165, 1.54) is 38.5 Å². The molecule has 22 heavy (non-hydrogen) atoms. The van der Waals surface area contributed by atoms with Gasteiger partial charge in [-0.3, -0.25) is 4.79 Å². The summed E-state index contributed by atoms with van der Waals surface area (Å²) >= 11 is 0. The third kappa shape index (κ3) is 18.9. The fourth-order valence-corrected chi connectivity index (χ4v) is 2.39. The third-order valence-electron chi connectivity index (χ3n) is 3.77. The SMILES string of the molecule is CC(C)CCCC/C=C\C/C=C\CCCCCCCC(=O)O. The van der Waals surface area contributed by atoms with E-state index in [-0.39, 0.29) is 0 Å². The zero-order chi connectivity index (χ0) is 16.5. The van der Waals surface area contributed by atoms with Crippen LogP contribution in [0.4, 0.5) is 0 Å². The molecule has 0 fully saturated rings. The Balaban J connectivity index is 3.22. The van der Waals surface area contributed by atoms with E-state index in [1.807, 2.05) is 0 Å². The Hall–Kier alpha value is -1.05. The topological polar surface area (TPSA) is 37.3 Å². The lowest BCUT2D eigenvalue weighted by molar-refractivity contribution is -0.137. The number of hydrogen-bond acceptors (Lipinski definition) is 1. The lowest BCUT2D eigenvalue weighted by atomic mass is 10.1. The second kappa shape index (κ2) is 16.3. The molecule has 128 valence electrons. The highest BCUT2D eigenvalue weighted by Gasteiger charge is 1.95. The molecule has 0 aromatic rings. The van der Waals surface area contributed by atoms with E-state index in [1.54, 1.807) is 0 Å². The molecule has 0 aliphatic carbocycles. The van der Waals surface area contributed by atoms with Crippen molar-refractivity contribution in [1.82, 2.24) is 0 Å². The number of carboxylic acids is 1. The van der Waals surface area contributed by atoms with Crippen molar-refractivity contribution >= 4 is 5.97 Å². The van der Waals surface area contributed by atoms with Crippen LogP contribution in [0.2, 0.25) is 0 Å². The van der Waals surface area contributed by atoms with Gasteiger partial charge >= 0.3 is 5.97 Å². The Kier molecular flexibility index (Phi) is 15.5. The van der Waals surface area contributed by atoms with Gasteiger partial charge in [-0.2, -0.15) is 0 Å². The van der Waals surface area contributed by atoms with Gasteiger partial charge in [0.25, 0.3) is 0 Å². The minimum Gasteiger partial charge on any atom is -0.481 e. The highest BCUT2D eigenvalue weighted by molar-refractivity contribution is 5.66. The Bertz CT molecular complexity index is 303. The van der Waals surface area contributed by atoms with Crippen molar-refractivity contribution in [1.29, 1.82) is 0 Å². The molecule has 0 unspecified atom stereocenters. The summed E-state index contributed by atoms with van der Waals surface area (Å²) in [6, 6.07) is 0. The number of aliphatic carboxylic acids is 1. The summed E-state index contributed by atoms with van der Waals surface area (Å²) in [5.41, 5.74) is 0. The lowest BCUT2D eigenvalue weighted by Crippen LogP contribution is -1.93. The van der Waals surface area contributed by atoms with Crippen LogP contribution < -0.4 is 0 Å². The van der Waals surface area contributed by atoms with Crippen molar-refractivity contribution in [3.05, 3.63) is 24.3 Å². The fourth-order valence-electron chi connectivity index (χ4n) is 2.39. The smallest absolute Gasteiger partial charge is 0.303 e. The maximum Gasteiger partial charge on any atom is 0.303 e. The maximum atomic E-state index is 10.3. The number of carbonyl (C=O) groups is 1. The van der Waals surface area contributed by atoms with Gasteiger partial charge in [0.2, 0.25) is 0 Å². The van der Waals surface area contributed by atoms with Gasteiger partial charge in [0.1, 0.15) is 0 Å². The molecule has 0 radical (unpaired) electrons. The highest BCUT2D eigenvalue weighted by atomic mass is 16.4. The average Bonchev–Trinajstić information content (AvgIpc) is 2.46. The van der Waals surface area contributed by atoms with Gasteiger partial charge in [0.15, 0.2) is 0 Å². The van der Waals surface area contributed by atoms with Crippen LogP contribution in [-0.2, 0) is 4.79 Å². The maximum absolute atomic E-state index is 10.3. The minimum absolute atomic E-state index is 0.323. The molecule has 0 bridgehead atoms. The molecule has 0 saturated heterocycles. The van der Waals surface area contributed by atoms with E-state index in [2.05, 4.69) is 38.2 Å². The van der Waals surface area contributed by atoms with Gasteiger partial charge in [0, 0.05) is 6.42 Å². The molecule has 0 rings (SSSR count). The first-order valence-corrected chi connectivity index (χ1v) is 9.14. The third-order valence-corrected chi connectivity index (χ3v) is 3.77. The molecule has 0 aliphatic rings. The molecule has 0 heterocycles. The summed E-state index contributed by atoms with van der Waals surface area (Å²) < 4.78 is 0. The molecule has 0 aromatic carbocycles. The van der Waals surface area contributed by atoms with Gasteiger partial charge in [-0.05, 0) is 44.4 Å². The molecule has 0 aromatic heterocycles. The van der Waals surface area contributed by atoms with E-state index in [0.29, 0.717) is 6.42 Å². The Labute approximate surface area is 137 Å². The largest absolute Gasteiger partial charge is 0.481 e. The van der Waals surface area contributed by atoms with Gasteiger partial charge in [-0.25, -0.2) is 0 Å². The Morgan fingerprint density at radius 2 is 1.36 bits per heavy atom. The number of hydrogen-bond donors (Lipinski definition) is 1. The van der Waals surface area contributed by atoms with Gasteiger partial charge in [-0.15, -0.1) is 0 Å². The molecule has 0 amide bonds. The van der Waals surface area contributed by atoms with Crippen molar-refractivity contribution < 1.29 is 9.90 Å². The molecule has 0 spiro atoms. The summed E-state index contributed by atoms with van der Waals surface area (Å²) in [7, 11) is 0. The average molecular weight is 309 g/mol. The van der Waals surface area contributed by atoms with Crippen LogP contribution in [0.25, 0.3) is 0 Å². The summed E-state index contributed by atoms with van der Waals surface area (Å²) in [5.74, 6) is 0.167. The summed E-state index contributed by atoms with van der Waals surface area (Å²) in [6.07, 6.45) is 22.4. The molecule has 0 aliphatic heterocycles. The fraction of sp³-hybridized carbons (Fsp3) is 0.750. The first kappa shape index (κ1) is 20.9. The molecular weight excluding hydrogens is 272 g/mol. The van der Waals surface area contributed by atoms with Crippen LogP contribution in [0, 0.1) is 5.92 Å². The second-order valence-corrected chi connectivity index (χ2v) is 6.56. The quantitative estimate of drug-likeness (QED) is 0.276. The lowest BCUT2D eigenvalue weighted by Gasteiger charge is -2.01. The molecule has 0 saturated carbocycles. The first-order valence-electron chi connectivity index (χ1n) is 9.14. The van der Waals surface area contributed by atoms with E-state index >= 15 is 0 Å². The van der Waals surface area contributed by atoms with Crippen LogP contribution in [0.5, 0.6) is 0 Å². The summed E-state index contributed by atoms with van der Waals surface area (Å²) in [6.45, 7) is 4.58. The van der Waals surface area contributed by atoms with E-state index in [0.717, 1.165) is 38.0 Å². The van der Waals surface area contributed by atoms with Crippen LogP contribution in [0.3, 0.4) is 0 Å². The van der Waals surface area contributed by atoms with Gasteiger partial charge < -0.3 is 5.11 Å². The molecule has 1 N–H and O–H groups in total. The number of unbranched alkanes of at least 4 members (excludes halogenated alkanes) is 7.